The highest BCUT2D eigenvalue weighted by Crippen LogP contribution is 2.17. The van der Waals surface area contributed by atoms with Crippen LogP contribution in [-0.2, 0) is 0 Å². The average molecular weight is 177 g/mol. The minimum atomic E-state index is 0.353. The Bertz CT molecular complexity index is 78.9. The summed E-state index contributed by atoms with van der Waals surface area (Å²) in [5.74, 6) is 0.814. The molecule has 0 aliphatic heterocycles. The van der Waals surface area contributed by atoms with Crippen molar-refractivity contribution in [2.24, 2.45) is 5.92 Å². The lowest BCUT2D eigenvalue weighted by Gasteiger charge is -2.11. The monoisotopic (exact) mass is 176 g/mol. The number of hydrogen-bond acceptors (Lipinski definition) is 0. The van der Waals surface area contributed by atoms with E-state index in [4.69, 9.17) is 11.6 Å². The van der Waals surface area contributed by atoms with Crippen LogP contribution in [0.4, 0.5) is 0 Å². The molecule has 0 heterocycles. The molecule has 0 amide bonds. The second-order valence-corrected chi connectivity index (χ2v) is 4.36. The van der Waals surface area contributed by atoms with Gasteiger partial charge in [-0.1, -0.05) is 39.5 Å². The molecule has 0 aromatic carbocycles. The van der Waals surface area contributed by atoms with E-state index in [1.807, 2.05) is 0 Å². The molecule has 0 radical (unpaired) electrons. The molecule has 0 aliphatic carbocycles. The molecule has 0 spiro atoms. The van der Waals surface area contributed by atoms with Crippen LogP contribution in [0.15, 0.2) is 0 Å². The molecule has 0 aromatic rings. The average Bonchev–Trinajstić information content (AvgIpc) is 1.86. The molecule has 0 aliphatic rings. The third-order valence-electron chi connectivity index (χ3n) is 2.03. The Morgan fingerprint density at radius 2 is 1.82 bits per heavy atom. The summed E-state index contributed by atoms with van der Waals surface area (Å²) < 4.78 is 0. The summed E-state index contributed by atoms with van der Waals surface area (Å²) >= 11 is 5.89. The van der Waals surface area contributed by atoms with E-state index in [2.05, 4.69) is 20.8 Å². The molecule has 0 fully saturated rings. The Balaban J connectivity index is 3.15. The van der Waals surface area contributed by atoms with Crippen LogP contribution in [0.3, 0.4) is 0 Å². The number of unbranched alkanes of at least 4 members (excludes halogenated alkanes) is 2. The Kier molecular flexibility index (Phi) is 7.15. The zero-order chi connectivity index (χ0) is 8.69. The first-order valence-corrected chi connectivity index (χ1v) is 5.24. The van der Waals surface area contributed by atoms with Gasteiger partial charge in [-0.3, -0.25) is 0 Å². The molecule has 0 rings (SSSR count). The van der Waals surface area contributed by atoms with E-state index in [1.165, 1.54) is 32.1 Å². The highest BCUT2D eigenvalue weighted by Gasteiger charge is 2.04. The number of halogens is 1. The van der Waals surface area contributed by atoms with Crippen LogP contribution < -0.4 is 0 Å². The smallest absolute Gasteiger partial charge is 0.0310 e. The van der Waals surface area contributed by atoms with Crippen molar-refractivity contribution >= 4 is 11.6 Å². The van der Waals surface area contributed by atoms with Crippen molar-refractivity contribution in [3.63, 3.8) is 0 Å². The van der Waals surface area contributed by atoms with Crippen molar-refractivity contribution in [2.75, 3.05) is 0 Å². The Labute approximate surface area is 76.3 Å². The summed E-state index contributed by atoms with van der Waals surface area (Å²) in [6.07, 6.45) is 6.60. The molecule has 1 heteroatoms. The van der Waals surface area contributed by atoms with E-state index in [-0.39, 0.29) is 0 Å². The van der Waals surface area contributed by atoms with Gasteiger partial charge in [0.15, 0.2) is 0 Å². The van der Waals surface area contributed by atoms with Crippen LogP contribution in [0.1, 0.15) is 52.9 Å². The highest BCUT2D eigenvalue weighted by molar-refractivity contribution is 6.20. The molecule has 0 saturated heterocycles. The van der Waals surface area contributed by atoms with Crippen molar-refractivity contribution in [3.8, 4) is 0 Å². The quantitative estimate of drug-likeness (QED) is 0.420. The van der Waals surface area contributed by atoms with Crippen molar-refractivity contribution in [2.45, 2.75) is 58.3 Å². The molecular formula is C10H21Cl. The van der Waals surface area contributed by atoms with Crippen LogP contribution >= 0.6 is 11.6 Å². The molecule has 2 atom stereocenters. The normalized spacial score (nSPS) is 16.4. The maximum absolute atomic E-state index is 5.89. The van der Waals surface area contributed by atoms with Gasteiger partial charge in [0.05, 0.1) is 0 Å². The molecule has 0 N–H and O–H groups in total. The molecular weight excluding hydrogens is 156 g/mol. The summed E-state index contributed by atoms with van der Waals surface area (Å²) in [6, 6.07) is 0. The minimum absolute atomic E-state index is 0.353. The van der Waals surface area contributed by atoms with E-state index in [9.17, 15) is 0 Å². The molecule has 0 bridgehead atoms. The maximum Gasteiger partial charge on any atom is 0.0310 e. The fourth-order valence-electron chi connectivity index (χ4n) is 1.42. The fraction of sp³-hybridized carbons (Fsp3) is 1.00. The van der Waals surface area contributed by atoms with Gasteiger partial charge in [0, 0.05) is 5.38 Å². The lowest BCUT2D eigenvalue weighted by Crippen LogP contribution is -2.01. The van der Waals surface area contributed by atoms with Crippen LogP contribution in [0.5, 0.6) is 0 Å². The summed E-state index contributed by atoms with van der Waals surface area (Å²) in [7, 11) is 0. The topological polar surface area (TPSA) is 0 Å². The van der Waals surface area contributed by atoms with Gasteiger partial charge in [-0.2, -0.15) is 0 Å². The minimum Gasteiger partial charge on any atom is -0.123 e. The Morgan fingerprint density at radius 1 is 1.18 bits per heavy atom. The van der Waals surface area contributed by atoms with Crippen molar-refractivity contribution < 1.29 is 0 Å². The summed E-state index contributed by atoms with van der Waals surface area (Å²) in [5, 5.41) is 0.353. The second kappa shape index (κ2) is 6.97. The summed E-state index contributed by atoms with van der Waals surface area (Å²) in [6.45, 7) is 6.63. The predicted molar refractivity (Wildman–Crippen MR) is 53.2 cm³/mol. The molecule has 68 valence electrons. The van der Waals surface area contributed by atoms with E-state index >= 15 is 0 Å². The van der Waals surface area contributed by atoms with E-state index in [0.29, 0.717) is 5.38 Å². The van der Waals surface area contributed by atoms with E-state index in [1.54, 1.807) is 0 Å². The van der Waals surface area contributed by atoms with E-state index < -0.39 is 0 Å². The van der Waals surface area contributed by atoms with Gasteiger partial charge in [0.2, 0.25) is 0 Å². The summed E-state index contributed by atoms with van der Waals surface area (Å²) in [5.41, 5.74) is 0. The van der Waals surface area contributed by atoms with E-state index in [0.717, 1.165) is 5.92 Å². The molecule has 0 nitrogen and oxygen atoms in total. The molecule has 2 unspecified atom stereocenters. The standard InChI is InChI=1S/C10H21Cl/c1-4-5-6-7-9(2)8-10(3)11/h9-10H,4-8H2,1-3H3. The molecule has 0 aromatic heterocycles. The second-order valence-electron chi connectivity index (χ2n) is 3.62. The van der Waals surface area contributed by atoms with Crippen LogP contribution in [0.2, 0.25) is 0 Å². The van der Waals surface area contributed by atoms with Gasteiger partial charge in [-0.15, -0.1) is 11.6 Å². The lowest BCUT2D eigenvalue weighted by atomic mass is 9.99. The third-order valence-corrected chi connectivity index (χ3v) is 2.21. The van der Waals surface area contributed by atoms with Gasteiger partial charge >= 0.3 is 0 Å². The van der Waals surface area contributed by atoms with Gasteiger partial charge < -0.3 is 0 Å². The third kappa shape index (κ3) is 8.19. The number of alkyl halides is 1. The van der Waals surface area contributed by atoms with Crippen LogP contribution in [0.25, 0.3) is 0 Å². The Morgan fingerprint density at radius 3 is 2.27 bits per heavy atom. The van der Waals surface area contributed by atoms with Gasteiger partial charge in [-0.25, -0.2) is 0 Å². The number of rotatable bonds is 6. The molecule has 0 saturated carbocycles. The van der Waals surface area contributed by atoms with Crippen molar-refractivity contribution in [1.29, 1.82) is 0 Å². The molecule has 11 heavy (non-hydrogen) atoms. The largest absolute Gasteiger partial charge is 0.123 e. The zero-order valence-corrected chi connectivity index (χ0v) is 8.82. The predicted octanol–water partition coefficient (Wildman–Crippen LogP) is 4.22. The van der Waals surface area contributed by atoms with Crippen molar-refractivity contribution in [3.05, 3.63) is 0 Å². The van der Waals surface area contributed by atoms with Crippen LogP contribution in [-0.4, -0.2) is 5.38 Å². The van der Waals surface area contributed by atoms with Crippen LogP contribution in [0, 0.1) is 5.92 Å². The van der Waals surface area contributed by atoms with Gasteiger partial charge in [-0.05, 0) is 19.3 Å². The first-order valence-electron chi connectivity index (χ1n) is 4.80. The fourth-order valence-corrected chi connectivity index (χ4v) is 1.72. The zero-order valence-electron chi connectivity index (χ0n) is 8.07. The maximum atomic E-state index is 5.89. The first kappa shape index (κ1) is 11.3. The highest BCUT2D eigenvalue weighted by atomic mass is 35.5. The SMILES string of the molecule is CCCCCC(C)CC(C)Cl. The number of hydrogen-bond donors (Lipinski definition) is 0. The summed E-state index contributed by atoms with van der Waals surface area (Å²) in [4.78, 5) is 0. The lowest BCUT2D eigenvalue weighted by molar-refractivity contribution is 0.462. The van der Waals surface area contributed by atoms with Crippen molar-refractivity contribution in [1.82, 2.24) is 0 Å². The first-order chi connectivity index (χ1) is 5.16. The van der Waals surface area contributed by atoms with Gasteiger partial charge in [0.1, 0.15) is 0 Å². The Hall–Kier alpha value is 0.290. The van der Waals surface area contributed by atoms with Gasteiger partial charge in [0.25, 0.3) is 0 Å².